The van der Waals surface area contributed by atoms with Gasteiger partial charge in [0.25, 0.3) is 0 Å². The molecular weight excluding hydrogens is 289 g/mol. The van der Waals surface area contributed by atoms with Crippen LogP contribution in [0.3, 0.4) is 0 Å². The van der Waals surface area contributed by atoms with E-state index in [2.05, 4.69) is 0 Å². The predicted octanol–water partition coefficient (Wildman–Crippen LogP) is 2.32. The Labute approximate surface area is 120 Å². The molecule has 0 aromatic heterocycles. The first-order valence-corrected chi connectivity index (χ1v) is 7.01. The van der Waals surface area contributed by atoms with Crippen LogP contribution in [0.2, 0.25) is 0 Å². The summed E-state index contributed by atoms with van der Waals surface area (Å²) < 4.78 is 39.2. The second kappa shape index (κ2) is 5.38. The standard InChI is InChI=1S/C13H19F3N2O3/c1-17(9-4-2-3-5-9)11(21)18-7-6-12(8-18,10(19)20)13(14,15)16/h9H,2-8H2,1H3,(H,19,20). The first kappa shape index (κ1) is 15.9. The Balaban J connectivity index is 2.10. The molecular formula is C13H19F3N2O3. The molecule has 0 radical (unpaired) electrons. The topological polar surface area (TPSA) is 60.9 Å². The van der Waals surface area contributed by atoms with E-state index in [0.29, 0.717) is 0 Å². The van der Waals surface area contributed by atoms with Gasteiger partial charge in [0.05, 0.1) is 0 Å². The van der Waals surface area contributed by atoms with Gasteiger partial charge in [0.1, 0.15) is 0 Å². The summed E-state index contributed by atoms with van der Waals surface area (Å²) in [5.74, 6) is -1.91. The lowest BCUT2D eigenvalue weighted by atomic mass is 9.86. The molecule has 1 aliphatic heterocycles. The lowest BCUT2D eigenvalue weighted by molar-refractivity contribution is -0.227. The van der Waals surface area contributed by atoms with Crippen molar-refractivity contribution in [3.8, 4) is 0 Å². The van der Waals surface area contributed by atoms with E-state index < -0.39 is 36.6 Å². The first-order valence-electron chi connectivity index (χ1n) is 7.01. The summed E-state index contributed by atoms with van der Waals surface area (Å²) in [5, 5.41) is 8.98. The molecule has 2 rings (SSSR count). The predicted molar refractivity (Wildman–Crippen MR) is 67.7 cm³/mol. The summed E-state index contributed by atoms with van der Waals surface area (Å²) in [6.07, 6.45) is -1.75. The molecule has 0 aromatic rings. The minimum absolute atomic E-state index is 0.0446. The summed E-state index contributed by atoms with van der Waals surface area (Å²) >= 11 is 0. The average Bonchev–Trinajstić information content (AvgIpc) is 3.05. The van der Waals surface area contributed by atoms with E-state index in [1.165, 1.54) is 4.90 Å². The van der Waals surface area contributed by atoms with Crippen LogP contribution in [0.4, 0.5) is 18.0 Å². The normalized spacial score (nSPS) is 27.1. The Morgan fingerprint density at radius 2 is 1.86 bits per heavy atom. The second-order valence-corrected chi connectivity index (χ2v) is 5.89. The lowest BCUT2D eigenvalue weighted by Gasteiger charge is -2.31. The molecule has 5 nitrogen and oxygen atoms in total. The van der Waals surface area contributed by atoms with Gasteiger partial charge in [-0.05, 0) is 19.3 Å². The van der Waals surface area contributed by atoms with Crippen LogP contribution in [0.5, 0.6) is 0 Å². The number of carboxylic acid groups (broad SMARTS) is 1. The van der Waals surface area contributed by atoms with E-state index in [9.17, 15) is 22.8 Å². The Bertz CT molecular complexity index is 435. The number of carbonyl (C=O) groups is 2. The fourth-order valence-electron chi connectivity index (χ4n) is 3.17. The number of carbonyl (C=O) groups excluding carboxylic acids is 1. The molecule has 1 atom stereocenters. The number of likely N-dealkylation sites (tertiary alicyclic amines) is 1. The third-order valence-electron chi connectivity index (χ3n) is 4.67. The zero-order valence-corrected chi connectivity index (χ0v) is 11.8. The smallest absolute Gasteiger partial charge is 0.406 e. The molecule has 8 heteroatoms. The quantitative estimate of drug-likeness (QED) is 0.851. The van der Waals surface area contributed by atoms with Crippen LogP contribution in [0.25, 0.3) is 0 Å². The van der Waals surface area contributed by atoms with Crippen LogP contribution in [0.1, 0.15) is 32.1 Å². The van der Waals surface area contributed by atoms with Gasteiger partial charge in [0, 0.05) is 26.2 Å². The van der Waals surface area contributed by atoms with Crippen LogP contribution >= 0.6 is 0 Å². The number of amides is 2. The molecule has 2 fully saturated rings. The lowest BCUT2D eigenvalue weighted by Crippen LogP contribution is -2.50. The highest BCUT2D eigenvalue weighted by molar-refractivity contribution is 5.80. The third kappa shape index (κ3) is 2.67. The number of carboxylic acids is 1. The van der Waals surface area contributed by atoms with Gasteiger partial charge >= 0.3 is 18.2 Å². The van der Waals surface area contributed by atoms with Crippen molar-refractivity contribution in [1.29, 1.82) is 0 Å². The van der Waals surface area contributed by atoms with Gasteiger partial charge in [-0.3, -0.25) is 4.79 Å². The van der Waals surface area contributed by atoms with Gasteiger partial charge in [-0.15, -0.1) is 0 Å². The van der Waals surface area contributed by atoms with Crippen molar-refractivity contribution in [2.45, 2.75) is 44.3 Å². The van der Waals surface area contributed by atoms with Gasteiger partial charge in [0.15, 0.2) is 5.41 Å². The van der Waals surface area contributed by atoms with E-state index in [-0.39, 0.29) is 12.6 Å². The molecule has 1 N–H and O–H groups in total. The maximum atomic E-state index is 13.1. The number of nitrogens with zero attached hydrogens (tertiary/aromatic N) is 2. The van der Waals surface area contributed by atoms with Gasteiger partial charge in [0.2, 0.25) is 0 Å². The highest BCUT2D eigenvalue weighted by atomic mass is 19.4. The summed E-state index contributed by atoms with van der Waals surface area (Å²) in [5.41, 5.74) is -2.83. The molecule has 1 unspecified atom stereocenters. The van der Waals surface area contributed by atoms with Crippen molar-refractivity contribution in [2.75, 3.05) is 20.1 Å². The SMILES string of the molecule is CN(C(=O)N1CCC(C(=O)O)(C(F)(F)F)C1)C1CCCC1. The number of aliphatic carboxylic acids is 1. The number of alkyl halides is 3. The Hall–Kier alpha value is -1.47. The highest BCUT2D eigenvalue weighted by Crippen LogP contribution is 2.46. The van der Waals surface area contributed by atoms with Crippen molar-refractivity contribution < 1.29 is 27.9 Å². The minimum atomic E-state index is -4.86. The Morgan fingerprint density at radius 3 is 2.29 bits per heavy atom. The maximum Gasteiger partial charge on any atom is 0.406 e. The zero-order valence-electron chi connectivity index (χ0n) is 11.8. The minimum Gasteiger partial charge on any atom is -0.481 e. The van der Waals surface area contributed by atoms with Crippen molar-refractivity contribution in [2.24, 2.45) is 5.41 Å². The van der Waals surface area contributed by atoms with Gasteiger partial charge < -0.3 is 14.9 Å². The van der Waals surface area contributed by atoms with Crippen molar-refractivity contribution >= 4 is 12.0 Å². The molecule has 2 amide bonds. The Kier molecular flexibility index (Phi) is 4.08. The molecule has 2 aliphatic rings. The monoisotopic (exact) mass is 308 g/mol. The number of urea groups is 1. The highest BCUT2D eigenvalue weighted by Gasteiger charge is 2.64. The van der Waals surface area contributed by atoms with E-state index in [4.69, 9.17) is 5.11 Å². The summed E-state index contributed by atoms with van der Waals surface area (Å²) in [7, 11) is 1.58. The molecule has 120 valence electrons. The van der Waals surface area contributed by atoms with Gasteiger partial charge in [-0.2, -0.15) is 13.2 Å². The molecule has 1 saturated carbocycles. The molecule has 0 bridgehead atoms. The number of rotatable bonds is 2. The van der Waals surface area contributed by atoms with Gasteiger partial charge in [-0.25, -0.2) is 4.79 Å². The van der Waals surface area contributed by atoms with Crippen LogP contribution in [0, 0.1) is 5.41 Å². The second-order valence-electron chi connectivity index (χ2n) is 5.89. The third-order valence-corrected chi connectivity index (χ3v) is 4.67. The fraction of sp³-hybridized carbons (Fsp3) is 0.846. The van der Waals surface area contributed by atoms with E-state index >= 15 is 0 Å². The first-order chi connectivity index (χ1) is 9.69. The van der Waals surface area contributed by atoms with Crippen molar-refractivity contribution in [3.05, 3.63) is 0 Å². The molecule has 1 aliphatic carbocycles. The molecule has 0 spiro atoms. The van der Waals surface area contributed by atoms with E-state index in [0.717, 1.165) is 30.6 Å². The van der Waals surface area contributed by atoms with Crippen LogP contribution < -0.4 is 0 Å². The summed E-state index contributed by atoms with van der Waals surface area (Å²) in [4.78, 5) is 25.8. The molecule has 1 heterocycles. The zero-order chi connectivity index (χ0) is 15.8. The number of hydrogen-bond donors (Lipinski definition) is 1. The molecule has 0 aromatic carbocycles. The Morgan fingerprint density at radius 1 is 1.29 bits per heavy atom. The summed E-state index contributed by atoms with van der Waals surface area (Å²) in [6.45, 7) is -0.983. The summed E-state index contributed by atoms with van der Waals surface area (Å²) in [6, 6.07) is -0.461. The maximum absolute atomic E-state index is 13.1. The van der Waals surface area contributed by atoms with E-state index in [1.54, 1.807) is 7.05 Å². The van der Waals surface area contributed by atoms with Gasteiger partial charge in [-0.1, -0.05) is 12.8 Å². The largest absolute Gasteiger partial charge is 0.481 e. The van der Waals surface area contributed by atoms with Crippen LogP contribution in [-0.4, -0.2) is 59.3 Å². The number of hydrogen-bond acceptors (Lipinski definition) is 2. The fourth-order valence-corrected chi connectivity index (χ4v) is 3.17. The molecule has 1 saturated heterocycles. The van der Waals surface area contributed by atoms with Crippen molar-refractivity contribution in [3.63, 3.8) is 0 Å². The number of halogens is 3. The average molecular weight is 308 g/mol. The van der Waals surface area contributed by atoms with Crippen LogP contribution in [0.15, 0.2) is 0 Å². The molecule has 21 heavy (non-hydrogen) atoms. The van der Waals surface area contributed by atoms with Crippen LogP contribution in [-0.2, 0) is 4.79 Å². The van der Waals surface area contributed by atoms with Crippen molar-refractivity contribution in [1.82, 2.24) is 9.80 Å². The van der Waals surface area contributed by atoms with E-state index in [1.807, 2.05) is 0 Å².